The summed E-state index contributed by atoms with van der Waals surface area (Å²) in [4.78, 5) is 38.3. The maximum atomic E-state index is 13.3. The maximum absolute atomic E-state index is 13.3. The Labute approximate surface area is 206 Å². The minimum absolute atomic E-state index is 0.00107. The lowest BCUT2D eigenvalue weighted by atomic mass is 9.92. The van der Waals surface area contributed by atoms with Crippen molar-refractivity contribution in [2.24, 2.45) is 5.73 Å². The Morgan fingerprint density at radius 1 is 1.03 bits per heavy atom. The molecule has 3 rings (SSSR count). The number of aryl methyl sites for hydroxylation is 1. The molecule has 2 aromatic carbocycles. The van der Waals surface area contributed by atoms with Crippen LogP contribution in [0.1, 0.15) is 62.8 Å². The third kappa shape index (κ3) is 7.29. The van der Waals surface area contributed by atoms with Crippen LogP contribution in [0.25, 0.3) is 0 Å². The second kappa shape index (κ2) is 11.4. The minimum Gasteiger partial charge on any atom is -0.458 e. The van der Waals surface area contributed by atoms with Gasteiger partial charge in [0.05, 0.1) is 6.04 Å². The van der Waals surface area contributed by atoms with Crippen molar-refractivity contribution in [1.29, 1.82) is 0 Å². The normalized spacial score (nSPS) is 16.5. The molecule has 2 aromatic rings. The number of hydrogen-bond donors (Lipinski definition) is 3. The first kappa shape index (κ1) is 26.2. The van der Waals surface area contributed by atoms with Crippen LogP contribution in [0.4, 0.5) is 4.79 Å². The van der Waals surface area contributed by atoms with Crippen molar-refractivity contribution in [2.45, 2.75) is 70.2 Å². The number of esters is 1. The Morgan fingerprint density at radius 2 is 1.71 bits per heavy atom. The van der Waals surface area contributed by atoms with Crippen molar-refractivity contribution in [3.8, 4) is 0 Å². The maximum Gasteiger partial charge on any atom is 0.407 e. The van der Waals surface area contributed by atoms with Gasteiger partial charge in [-0.1, -0.05) is 54.6 Å². The van der Waals surface area contributed by atoms with E-state index in [1.807, 2.05) is 54.6 Å². The topological polar surface area (TPSA) is 120 Å². The molecule has 2 atom stereocenters. The highest BCUT2D eigenvalue weighted by molar-refractivity contribution is 6.07. The lowest BCUT2D eigenvalue weighted by Gasteiger charge is -2.31. The van der Waals surface area contributed by atoms with E-state index in [1.54, 1.807) is 20.8 Å². The Morgan fingerprint density at radius 3 is 2.43 bits per heavy atom. The summed E-state index contributed by atoms with van der Waals surface area (Å²) in [6, 6.07) is 17.0. The van der Waals surface area contributed by atoms with Gasteiger partial charge in [0.2, 0.25) is 0 Å². The summed E-state index contributed by atoms with van der Waals surface area (Å²) in [6.07, 6.45) is 1.29. The van der Waals surface area contributed by atoms with E-state index >= 15 is 0 Å². The van der Waals surface area contributed by atoms with Crippen LogP contribution in [-0.2, 0) is 32.1 Å². The van der Waals surface area contributed by atoms with Crippen molar-refractivity contribution in [3.05, 3.63) is 71.3 Å². The third-order valence-electron chi connectivity index (χ3n) is 5.84. The number of nitrogens with two attached hydrogens (primary N) is 1. The first-order valence-corrected chi connectivity index (χ1v) is 11.9. The van der Waals surface area contributed by atoms with Crippen LogP contribution in [0, 0.1) is 0 Å². The zero-order chi connectivity index (χ0) is 25.5. The van der Waals surface area contributed by atoms with Gasteiger partial charge in [0.15, 0.2) is 5.54 Å². The molecule has 0 saturated heterocycles. The summed E-state index contributed by atoms with van der Waals surface area (Å²) in [7, 11) is 0. The second-order valence-corrected chi connectivity index (χ2v) is 9.83. The molecule has 0 aromatic heterocycles. The lowest BCUT2D eigenvalue weighted by molar-refractivity contribution is -0.165. The molecule has 0 bridgehead atoms. The van der Waals surface area contributed by atoms with E-state index in [2.05, 4.69) is 10.6 Å². The Kier molecular flexibility index (Phi) is 8.51. The van der Waals surface area contributed by atoms with E-state index < -0.39 is 29.1 Å². The monoisotopic (exact) mass is 481 g/mol. The lowest BCUT2D eigenvalue weighted by Crippen LogP contribution is -2.61. The molecular formula is C27H35N3O5. The molecule has 0 saturated carbocycles. The van der Waals surface area contributed by atoms with E-state index in [1.165, 1.54) is 5.56 Å². The van der Waals surface area contributed by atoms with Crippen LogP contribution in [-0.4, -0.2) is 35.7 Å². The highest BCUT2D eigenvalue weighted by atomic mass is 16.6. The SMILES string of the molecule is CC(C)(C)OC(=O)[C@@](N)(CCCNC(=O)OCc1ccccc1)C(=O)N[C@H]1CCc2ccccc21. The first-order chi connectivity index (χ1) is 16.6. The number of alkyl carbamates (subject to hydrolysis) is 1. The standard InChI is InChI=1S/C27H35N3O5/c1-26(2,3)35-24(32)27(28,23(31)30-22-15-14-20-12-7-8-13-21(20)22)16-9-17-29-25(33)34-18-19-10-5-4-6-11-19/h4-8,10-13,22H,9,14-18,28H2,1-3H3,(H,29,33)(H,30,31)/t22-,27+/m0/s1. The summed E-state index contributed by atoms with van der Waals surface area (Å²) in [5.41, 5.74) is 6.81. The van der Waals surface area contributed by atoms with Crippen molar-refractivity contribution < 1.29 is 23.9 Å². The van der Waals surface area contributed by atoms with Crippen LogP contribution >= 0.6 is 0 Å². The van der Waals surface area contributed by atoms with Gasteiger partial charge in [-0.2, -0.15) is 0 Å². The van der Waals surface area contributed by atoms with E-state index in [0.29, 0.717) is 0 Å². The van der Waals surface area contributed by atoms with Gasteiger partial charge in [-0.05, 0) is 63.1 Å². The van der Waals surface area contributed by atoms with Crippen LogP contribution < -0.4 is 16.4 Å². The van der Waals surface area contributed by atoms with Crippen LogP contribution in [0.15, 0.2) is 54.6 Å². The Balaban J connectivity index is 1.58. The zero-order valence-electron chi connectivity index (χ0n) is 20.6. The molecule has 188 valence electrons. The number of nitrogens with one attached hydrogen (secondary N) is 2. The number of rotatable bonds is 9. The fourth-order valence-corrected chi connectivity index (χ4v) is 4.00. The summed E-state index contributed by atoms with van der Waals surface area (Å²) in [6.45, 7) is 5.51. The van der Waals surface area contributed by atoms with E-state index in [-0.39, 0.29) is 32.0 Å². The average molecular weight is 482 g/mol. The third-order valence-corrected chi connectivity index (χ3v) is 5.84. The fourth-order valence-electron chi connectivity index (χ4n) is 4.00. The predicted molar refractivity (Wildman–Crippen MR) is 132 cm³/mol. The van der Waals surface area contributed by atoms with Gasteiger partial charge in [0.25, 0.3) is 5.91 Å². The van der Waals surface area contributed by atoms with Gasteiger partial charge < -0.3 is 25.8 Å². The van der Waals surface area contributed by atoms with Crippen molar-refractivity contribution in [1.82, 2.24) is 10.6 Å². The number of hydrogen-bond acceptors (Lipinski definition) is 6. The molecule has 8 nitrogen and oxygen atoms in total. The summed E-state index contributed by atoms with van der Waals surface area (Å²) < 4.78 is 10.7. The summed E-state index contributed by atoms with van der Waals surface area (Å²) in [5.74, 6) is -1.37. The highest BCUT2D eigenvalue weighted by Crippen LogP contribution is 2.31. The van der Waals surface area contributed by atoms with Gasteiger partial charge >= 0.3 is 12.1 Å². The molecule has 0 radical (unpaired) electrons. The predicted octanol–water partition coefficient (Wildman–Crippen LogP) is 3.54. The summed E-state index contributed by atoms with van der Waals surface area (Å²) in [5, 5.41) is 5.59. The molecule has 2 amide bonds. The quantitative estimate of drug-likeness (QED) is 0.286. The molecular weight excluding hydrogens is 446 g/mol. The molecule has 0 fully saturated rings. The van der Waals surface area contributed by atoms with Gasteiger partial charge in [0.1, 0.15) is 12.2 Å². The van der Waals surface area contributed by atoms with E-state index in [0.717, 1.165) is 24.0 Å². The van der Waals surface area contributed by atoms with Crippen molar-refractivity contribution >= 4 is 18.0 Å². The van der Waals surface area contributed by atoms with E-state index in [9.17, 15) is 14.4 Å². The van der Waals surface area contributed by atoms with Crippen LogP contribution in [0.5, 0.6) is 0 Å². The molecule has 1 aliphatic rings. The largest absolute Gasteiger partial charge is 0.458 e. The molecule has 35 heavy (non-hydrogen) atoms. The first-order valence-electron chi connectivity index (χ1n) is 11.9. The molecule has 0 heterocycles. The smallest absolute Gasteiger partial charge is 0.407 e. The number of fused-ring (bicyclic) bond motifs is 1. The van der Waals surface area contributed by atoms with Crippen LogP contribution in [0.2, 0.25) is 0 Å². The van der Waals surface area contributed by atoms with Crippen molar-refractivity contribution in [3.63, 3.8) is 0 Å². The van der Waals surface area contributed by atoms with Gasteiger partial charge in [-0.25, -0.2) is 9.59 Å². The molecule has 0 unspecified atom stereocenters. The summed E-state index contributed by atoms with van der Waals surface area (Å²) >= 11 is 0. The Hall–Kier alpha value is -3.39. The van der Waals surface area contributed by atoms with E-state index in [4.69, 9.17) is 15.2 Å². The molecule has 8 heteroatoms. The highest BCUT2D eigenvalue weighted by Gasteiger charge is 2.45. The Bertz CT molecular complexity index is 1030. The average Bonchev–Trinajstić information content (AvgIpc) is 3.22. The molecule has 0 aliphatic heterocycles. The minimum atomic E-state index is -1.89. The molecule has 0 spiro atoms. The van der Waals surface area contributed by atoms with Crippen LogP contribution in [0.3, 0.4) is 0 Å². The zero-order valence-corrected chi connectivity index (χ0v) is 20.6. The number of carbonyl (C=O) groups excluding carboxylic acids is 3. The van der Waals surface area contributed by atoms with Gasteiger partial charge in [-0.15, -0.1) is 0 Å². The number of benzene rings is 2. The number of amides is 2. The molecule has 1 aliphatic carbocycles. The molecule has 4 N–H and O–H groups in total. The van der Waals surface area contributed by atoms with Gasteiger partial charge in [0, 0.05) is 6.54 Å². The number of carbonyl (C=O) groups is 3. The van der Waals surface area contributed by atoms with Crippen molar-refractivity contribution in [2.75, 3.05) is 6.54 Å². The fraction of sp³-hybridized carbons (Fsp3) is 0.444. The number of ether oxygens (including phenoxy) is 2. The second-order valence-electron chi connectivity index (χ2n) is 9.83. The van der Waals surface area contributed by atoms with Gasteiger partial charge in [-0.3, -0.25) is 4.79 Å².